The van der Waals surface area contributed by atoms with Crippen LogP contribution in [0.2, 0.25) is 5.15 Å². The first-order valence-corrected chi connectivity index (χ1v) is 7.34. The van der Waals surface area contributed by atoms with Crippen LogP contribution in [0.1, 0.15) is 38.4 Å². The molecule has 1 heterocycles. The molecule has 1 aromatic heterocycles. The molecule has 4 heteroatoms. The molecule has 1 rings (SSSR count). The summed E-state index contributed by atoms with van der Waals surface area (Å²) >= 11 is 6.24. The molecule has 0 radical (unpaired) electrons. The Bertz CT molecular complexity index is 433. The van der Waals surface area contributed by atoms with E-state index >= 15 is 0 Å². The number of hydrogen-bond donors (Lipinski definition) is 1. The Kier molecular flexibility index (Phi) is 6.59. The van der Waals surface area contributed by atoms with Crippen LogP contribution < -0.4 is 5.32 Å². The lowest BCUT2D eigenvalue weighted by molar-refractivity contribution is 0.556. The summed E-state index contributed by atoms with van der Waals surface area (Å²) in [6.45, 7) is 10.7. The number of halogens is 1. The van der Waals surface area contributed by atoms with Crippen molar-refractivity contribution in [1.29, 1.82) is 0 Å². The second-order valence-corrected chi connectivity index (χ2v) is 5.95. The SMILES string of the molecule is C/C(=C/CCNCC(C)C)Cc1c(C)nn(C)c1Cl. The molecule has 0 fully saturated rings. The van der Waals surface area contributed by atoms with E-state index in [2.05, 4.69) is 37.3 Å². The fourth-order valence-electron chi connectivity index (χ4n) is 2.04. The van der Waals surface area contributed by atoms with E-state index in [-0.39, 0.29) is 0 Å². The van der Waals surface area contributed by atoms with E-state index in [0.717, 1.165) is 42.3 Å². The van der Waals surface area contributed by atoms with E-state index in [1.54, 1.807) is 4.68 Å². The van der Waals surface area contributed by atoms with E-state index < -0.39 is 0 Å². The van der Waals surface area contributed by atoms with Crippen molar-refractivity contribution >= 4 is 11.6 Å². The highest BCUT2D eigenvalue weighted by molar-refractivity contribution is 6.30. The van der Waals surface area contributed by atoms with E-state index in [1.807, 2.05) is 14.0 Å². The van der Waals surface area contributed by atoms with Crippen molar-refractivity contribution in [1.82, 2.24) is 15.1 Å². The highest BCUT2D eigenvalue weighted by atomic mass is 35.5. The number of rotatable bonds is 7. The standard InChI is InChI=1S/C15H26ClN3/c1-11(2)10-17-8-6-7-12(3)9-14-13(4)18-19(5)15(14)16/h7,11,17H,6,8-10H2,1-5H3/b12-7-. The van der Waals surface area contributed by atoms with E-state index in [4.69, 9.17) is 11.6 Å². The minimum atomic E-state index is 0.710. The van der Waals surface area contributed by atoms with Gasteiger partial charge in [0.2, 0.25) is 0 Å². The molecule has 1 aromatic rings. The highest BCUT2D eigenvalue weighted by Gasteiger charge is 2.10. The molecule has 0 aromatic carbocycles. The first-order chi connectivity index (χ1) is 8.91. The van der Waals surface area contributed by atoms with E-state index in [9.17, 15) is 0 Å². The Balaban J connectivity index is 2.43. The van der Waals surface area contributed by atoms with Crippen LogP contribution in [0.5, 0.6) is 0 Å². The van der Waals surface area contributed by atoms with Gasteiger partial charge in [-0.05, 0) is 45.7 Å². The molecule has 0 aliphatic heterocycles. The Labute approximate surface area is 122 Å². The second-order valence-electron chi connectivity index (χ2n) is 5.59. The largest absolute Gasteiger partial charge is 0.316 e. The number of nitrogens with one attached hydrogen (secondary N) is 1. The highest BCUT2D eigenvalue weighted by Crippen LogP contribution is 2.21. The van der Waals surface area contributed by atoms with Gasteiger partial charge in [0.25, 0.3) is 0 Å². The number of hydrogen-bond acceptors (Lipinski definition) is 2. The van der Waals surface area contributed by atoms with Gasteiger partial charge in [0.05, 0.1) is 5.69 Å². The second kappa shape index (κ2) is 7.71. The Morgan fingerprint density at radius 3 is 2.68 bits per heavy atom. The van der Waals surface area contributed by atoms with E-state index in [0.29, 0.717) is 5.92 Å². The van der Waals surface area contributed by atoms with Gasteiger partial charge in [-0.2, -0.15) is 5.10 Å². The lowest BCUT2D eigenvalue weighted by Crippen LogP contribution is -2.20. The summed E-state index contributed by atoms with van der Waals surface area (Å²) in [5.41, 5.74) is 3.52. The van der Waals surface area contributed by atoms with Gasteiger partial charge in [0, 0.05) is 12.6 Å². The van der Waals surface area contributed by atoms with Crippen LogP contribution in [0.15, 0.2) is 11.6 Å². The first-order valence-electron chi connectivity index (χ1n) is 6.96. The Morgan fingerprint density at radius 2 is 2.16 bits per heavy atom. The number of aromatic nitrogens is 2. The maximum atomic E-state index is 6.24. The van der Waals surface area contributed by atoms with Crippen molar-refractivity contribution in [3.05, 3.63) is 28.1 Å². The summed E-state index contributed by atoms with van der Waals surface area (Å²) in [5, 5.41) is 8.53. The number of allylic oxidation sites excluding steroid dienone is 1. The number of nitrogens with zero attached hydrogens (tertiary/aromatic N) is 2. The zero-order valence-corrected chi connectivity index (χ0v) is 13.5. The van der Waals surface area contributed by atoms with Crippen LogP contribution in [0, 0.1) is 12.8 Å². The van der Waals surface area contributed by atoms with Gasteiger partial charge in [-0.3, -0.25) is 4.68 Å². The Hall–Kier alpha value is -0.800. The van der Waals surface area contributed by atoms with Crippen molar-refractivity contribution in [2.75, 3.05) is 13.1 Å². The van der Waals surface area contributed by atoms with Crippen LogP contribution in [-0.4, -0.2) is 22.9 Å². The molecule has 1 N–H and O–H groups in total. The minimum absolute atomic E-state index is 0.710. The van der Waals surface area contributed by atoms with Gasteiger partial charge < -0.3 is 5.32 Å². The van der Waals surface area contributed by atoms with Gasteiger partial charge in [-0.15, -0.1) is 0 Å². The van der Waals surface area contributed by atoms with Crippen molar-refractivity contribution < 1.29 is 0 Å². The van der Waals surface area contributed by atoms with Crippen molar-refractivity contribution in [3.63, 3.8) is 0 Å². The van der Waals surface area contributed by atoms with Crippen molar-refractivity contribution in [2.45, 2.75) is 40.5 Å². The summed E-state index contributed by atoms with van der Waals surface area (Å²) in [4.78, 5) is 0. The third-order valence-electron chi connectivity index (χ3n) is 3.09. The monoisotopic (exact) mass is 283 g/mol. The van der Waals surface area contributed by atoms with Gasteiger partial charge in [0.15, 0.2) is 0 Å². The van der Waals surface area contributed by atoms with Gasteiger partial charge in [0.1, 0.15) is 5.15 Å². The maximum absolute atomic E-state index is 6.24. The van der Waals surface area contributed by atoms with Gasteiger partial charge in [-0.1, -0.05) is 37.1 Å². The zero-order valence-electron chi connectivity index (χ0n) is 12.8. The fraction of sp³-hybridized carbons (Fsp3) is 0.667. The molecule has 0 saturated heterocycles. The smallest absolute Gasteiger partial charge is 0.130 e. The predicted molar refractivity (Wildman–Crippen MR) is 82.7 cm³/mol. The summed E-state index contributed by atoms with van der Waals surface area (Å²) in [5.74, 6) is 0.710. The van der Waals surface area contributed by atoms with Crippen LogP contribution in [0.25, 0.3) is 0 Å². The minimum Gasteiger partial charge on any atom is -0.316 e. The summed E-state index contributed by atoms with van der Waals surface area (Å²) in [6.07, 6.45) is 4.24. The van der Waals surface area contributed by atoms with Crippen LogP contribution >= 0.6 is 11.6 Å². The third kappa shape index (κ3) is 5.37. The molecule has 108 valence electrons. The Morgan fingerprint density at radius 1 is 1.47 bits per heavy atom. The zero-order chi connectivity index (χ0) is 14.4. The molecular weight excluding hydrogens is 258 g/mol. The van der Waals surface area contributed by atoms with Gasteiger partial charge >= 0.3 is 0 Å². The molecule has 0 aliphatic carbocycles. The average molecular weight is 284 g/mol. The third-order valence-corrected chi connectivity index (χ3v) is 3.56. The normalized spacial score (nSPS) is 12.5. The van der Waals surface area contributed by atoms with Crippen molar-refractivity contribution in [3.8, 4) is 0 Å². The molecule has 19 heavy (non-hydrogen) atoms. The summed E-state index contributed by atoms with van der Waals surface area (Å²) < 4.78 is 1.74. The molecular formula is C15H26ClN3. The quantitative estimate of drug-likeness (QED) is 0.613. The molecule has 0 spiro atoms. The first kappa shape index (κ1) is 16.3. The topological polar surface area (TPSA) is 29.9 Å². The molecule has 0 aliphatic rings. The molecule has 3 nitrogen and oxygen atoms in total. The van der Waals surface area contributed by atoms with Crippen LogP contribution in [0.4, 0.5) is 0 Å². The van der Waals surface area contributed by atoms with Gasteiger partial charge in [-0.25, -0.2) is 0 Å². The molecule has 0 bridgehead atoms. The van der Waals surface area contributed by atoms with Crippen LogP contribution in [-0.2, 0) is 13.5 Å². The predicted octanol–water partition coefficient (Wildman–Crippen LogP) is 3.51. The summed E-state index contributed by atoms with van der Waals surface area (Å²) in [6, 6.07) is 0. The maximum Gasteiger partial charge on any atom is 0.130 e. The molecule has 0 amide bonds. The van der Waals surface area contributed by atoms with Crippen molar-refractivity contribution in [2.24, 2.45) is 13.0 Å². The lowest BCUT2D eigenvalue weighted by Gasteiger charge is -2.06. The lowest BCUT2D eigenvalue weighted by atomic mass is 10.1. The van der Waals surface area contributed by atoms with E-state index in [1.165, 1.54) is 5.57 Å². The van der Waals surface area contributed by atoms with Crippen LogP contribution in [0.3, 0.4) is 0 Å². The molecule has 0 saturated carbocycles. The average Bonchev–Trinajstić information content (AvgIpc) is 2.55. The fourth-order valence-corrected chi connectivity index (χ4v) is 2.28. The number of aryl methyl sites for hydroxylation is 2. The summed E-state index contributed by atoms with van der Waals surface area (Å²) in [7, 11) is 1.88. The molecule has 0 atom stereocenters. The molecule has 0 unspecified atom stereocenters.